The lowest BCUT2D eigenvalue weighted by molar-refractivity contribution is 0.0592. The standard InChI is InChI=1S/C6H4BrIN2O2/c1-12-5(11)4-3(8)2-9-6(7)10-4/h2H,1H3. The Morgan fingerprint density at radius 3 is 3.00 bits per heavy atom. The van der Waals surface area contributed by atoms with E-state index in [1.165, 1.54) is 7.11 Å². The summed E-state index contributed by atoms with van der Waals surface area (Å²) in [7, 11) is 1.31. The molecule has 0 aliphatic carbocycles. The molecule has 1 heterocycles. The quantitative estimate of drug-likeness (QED) is 0.442. The maximum atomic E-state index is 11.0. The van der Waals surface area contributed by atoms with E-state index in [9.17, 15) is 4.79 Å². The molecule has 0 aliphatic heterocycles. The van der Waals surface area contributed by atoms with Crippen molar-refractivity contribution in [1.82, 2.24) is 9.97 Å². The van der Waals surface area contributed by atoms with Crippen molar-refractivity contribution in [1.29, 1.82) is 0 Å². The molecule has 0 aromatic carbocycles. The molecule has 0 fully saturated rings. The Kier molecular flexibility index (Phi) is 3.39. The Labute approximate surface area is 91.0 Å². The second-order valence-electron chi connectivity index (χ2n) is 1.83. The molecular weight excluding hydrogens is 339 g/mol. The number of methoxy groups -OCH3 is 1. The van der Waals surface area contributed by atoms with E-state index in [1.807, 2.05) is 22.6 Å². The first-order valence-electron chi connectivity index (χ1n) is 2.91. The number of aromatic nitrogens is 2. The Balaban J connectivity index is 3.13. The van der Waals surface area contributed by atoms with Gasteiger partial charge in [0.25, 0.3) is 0 Å². The summed E-state index contributed by atoms with van der Waals surface area (Å²) in [6, 6.07) is 0. The molecule has 0 radical (unpaired) electrons. The third-order valence-electron chi connectivity index (χ3n) is 1.09. The van der Waals surface area contributed by atoms with E-state index in [0.29, 0.717) is 8.30 Å². The summed E-state index contributed by atoms with van der Waals surface area (Å²) in [5.41, 5.74) is 0.278. The van der Waals surface area contributed by atoms with E-state index in [0.717, 1.165) is 0 Å². The first-order valence-corrected chi connectivity index (χ1v) is 4.78. The van der Waals surface area contributed by atoms with E-state index in [-0.39, 0.29) is 5.69 Å². The predicted octanol–water partition coefficient (Wildman–Crippen LogP) is 1.63. The summed E-state index contributed by atoms with van der Waals surface area (Å²) in [6.45, 7) is 0. The highest BCUT2D eigenvalue weighted by atomic mass is 127. The van der Waals surface area contributed by atoms with Crippen molar-refractivity contribution in [3.8, 4) is 0 Å². The van der Waals surface area contributed by atoms with Gasteiger partial charge in [0.05, 0.1) is 10.7 Å². The highest BCUT2D eigenvalue weighted by molar-refractivity contribution is 14.1. The summed E-state index contributed by atoms with van der Waals surface area (Å²) in [5.74, 6) is -0.456. The van der Waals surface area contributed by atoms with Crippen LogP contribution in [0, 0.1) is 3.57 Å². The van der Waals surface area contributed by atoms with Gasteiger partial charge in [-0.15, -0.1) is 0 Å². The average molecular weight is 343 g/mol. The zero-order valence-corrected chi connectivity index (χ0v) is 9.79. The molecule has 0 aliphatic rings. The Hall–Kier alpha value is -0.240. The van der Waals surface area contributed by atoms with Crippen molar-refractivity contribution < 1.29 is 9.53 Å². The Morgan fingerprint density at radius 2 is 2.42 bits per heavy atom. The molecule has 0 saturated carbocycles. The first kappa shape index (κ1) is 9.85. The van der Waals surface area contributed by atoms with Crippen LogP contribution in [0.5, 0.6) is 0 Å². The van der Waals surface area contributed by atoms with Crippen LogP contribution in [-0.4, -0.2) is 23.0 Å². The van der Waals surface area contributed by atoms with Gasteiger partial charge >= 0.3 is 5.97 Å². The van der Waals surface area contributed by atoms with Crippen LogP contribution in [0.4, 0.5) is 0 Å². The number of esters is 1. The lowest BCUT2D eigenvalue weighted by Crippen LogP contribution is -2.07. The molecule has 1 aromatic rings. The summed E-state index contributed by atoms with van der Waals surface area (Å²) in [5, 5.41) is 0. The zero-order valence-electron chi connectivity index (χ0n) is 6.04. The number of halogens is 2. The maximum absolute atomic E-state index is 11.0. The third-order valence-corrected chi connectivity index (χ3v) is 2.26. The van der Waals surface area contributed by atoms with Gasteiger partial charge in [-0.1, -0.05) is 0 Å². The lowest BCUT2D eigenvalue weighted by atomic mass is 10.4. The van der Waals surface area contributed by atoms with Crippen LogP contribution >= 0.6 is 38.5 Å². The number of carbonyl (C=O) groups excluding carboxylic acids is 1. The van der Waals surface area contributed by atoms with Crippen molar-refractivity contribution in [3.05, 3.63) is 20.2 Å². The molecule has 0 N–H and O–H groups in total. The highest BCUT2D eigenvalue weighted by Gasteiger charge is 2.12. The van der Waals surface area contributed by atoms with Gasteiger partial charge in [0, 0.05) is 6.20 Å². The molecular formula is C6H4BrIN2O2. The van der Waals surface area contributed by atoms with Crippen molar-refractivity contribution in [3.63, 3.8) is 0 Å². The second-order valence-corrected chi connectivity index (χ2v) is 3.70. The van der Waals surface area contributed by atoms with Crippen LogP contribution in [0.25, 0.3) is 0 Å². The molecule has 12 heavy (non-hydrogen) atoms. The maximum Gasteiger partial charge on any atom is 0.357 e. The van der Waals surface area contributed by atoms with Gasteiger partial charge in [-0.3, -0.25) is 0 Å². The Morgan fingerprint density at radius 1 is 1.75 bits per heavy atom. The van der Waals surface area contributed by atoms with Gasteiger partial charge < -0.3 is 4.74 Å². The molecule has 0 unspecified atom stereocenters. The van der Waals surface area contributed by atoms with E-state index >= 15 is 0 Å². The van der Waals surface area contributed by atoms with E-state index in [4.69, 9.17) is 0 Å². The molecule has 0 bridgehead atoms. The van der Waals surface area contributed by atoms with Crippen molar-refractivity contribution in [2.75, 3.05) is 7.11 Å². The van der Waals surface area contributed by atoms with Crippen LogP contribution in [0.3, 0.4) is 0 Å². The van der Waals surface area contributed by atoms with Gasteiger partial charge in [0.15, 0.2) is 10.4 Å². The van der Waals surface area contributed by atoms with Gasteiger partial charge in [-0.2, -0.15) is 0 Å². The SMILES string of the molecule is COC(=O)c1nc(Br)ncc1I. The lowest BCUT2D eigenvalue weighted by Gasteiger charge is -1.99. The largest absolute Gasteiger partial charge is 0.464 e. The monoisotopic (exact) mass is 342 g/mol. The number of hydrogen-bond donors (Lipinski definition) is 0. The van der Waals surface area contributed by atoms with Crippen LogP contribution in [0.15, 0.2) is 10.9 Å². The van der Waals surface area contributed by atoms with Gasteiger partial charge in [0.1, 0.15) is 0 Å². The molecule has 0 spiro atoms. The minimum Gasteiger partial charge on any atom is -0.464 e. The fourth-order valence-electron chi connectivity index (χ4n) is 0.585. The van der Waals surface area contributed by atoms with Crippen LogP contribution in [0.2, 0.25) is 0 Å². The minimum absolute atomic E-state index is 0.278. The van der Waals surface area contributed by atoms with Crippen molar-refractivity contribution >= 4 is 44.5 Å². The molecule has 4 nitrogen and oxygen atoms in total. The average Bonchev–Trinajstić information content (AvgIpc) is 2.08. The molecule has 1 rings (SSSR count). The van der Waals surface area contributed by atoms with Crippen molar-refractivity contribution in [2.24, 2.45) is 0 Å². The summed E-state index contributed by atoms with van der Waals surface area (Å²) in [6.07, 6.45) is 1.55. The third kappa shape index (κ3) is 2.13. The normalized spacial score (nSPS) is 9.58. The molecule has 0 atom stereocenters. The van der Waals surface area contributed by atoms with Crippen molar-refractivity contribution in [2.45, 2.75) is 0 Å². The number of nitrogens with zero attached hydrogens (tertiary/aromatic N) is 2. The predicted molar refractivity (Wildman–Crippen MR) is 53.8 cm³/mol. The molecule has 1 aromatic heterocycles. The van der Waals surface area contributed by atoms with Gasteiger partial charge in [-0.05, 0) is 38.5 Å². The van der Waals surface area contributed by atoms with Gasteiger partial charge in [-0.25, -0.2) is 14.8 Å². The van der Waals surface area contributed by atoms with E-state index in [2.05, 4.69) is 30.6 Å². The molecule has 6 heteroatoms. The highest BCUT2D eigenvalue weighted by Crippen LogP contribution is 2.12. The summed E-state index contributed by atoms with van der Waals surface area (Å²) >= 11 is 5.03. The molecule has 64 valence electrons. The van der Waals surface area contributed by atoms with Crippen LogP contribution < -0.4 is 0 Å². The topological polar surface area (TPSA) is 52.1 Å². The Bertz CT molecular complexity index is 318. The summed E-state index contributed by atoms with van der Waals surface area (Å²) < 4.78 is 5.56. The first-order chi connectivity index (χ1) is 5.65. The van der Waals surface area contributed by atoms with Crippen LogP contribution in [0.1, 0.15) is 10.5 Å². The number of ether oxygens (including phenoxy) is 1. The fourth-order valence-corrected chi connectivity index (χ4v) is 1.35. The number of rotatable bonds is 1. The smallest absolute Gasteiger partial charge is 0.357 e. The van der Waals surface area contributed by atoms with E-state index < -0.39 is 5.97 Å². The summed E-state index contributed by atoms with van der Waals surface area (Å²) in [4.78, 5) is 18.8. The number of carbonyl (C=O) groups is 1. The number of hydrogen-bond acceptors (Lipinski definition) is 4. The minimum atomic E-state index is -0.456. The van der Waals surface area contributed by atoms with Gasteiger partial charge in [0.2, 0.25) is 0 Å². The van der Waals surface area contributed by atoms with Crippen LogP contribution in [-0.2, 0) is 4.74 Å². The second kappa shape index (κ2) is 4.13. The van der Waals surface area contributed by atoms with E-state index in [1.54, 1.807) is 6.20 Å². The molecule has 0 amide bonds. The molecule has 0 saturated heterocycles. The fraction of sp³-hybridized carbons (Fsp3) is 0.167. The zero-order chi connectivity index (χ0) is 9.14.